The first-order chi connectivity index (χ1) is 7.61. The van der Waals surface area contributed by atoms with E-state index in [9.17, 15) is 9.18 Å². The van der Waals surface area contributed by atoms with Crippen molar-refractivity contribution in [3.63, 3.8) is 0 Å². The van der Waals surface area contributed by atoms with Gasteiger partial charge >= 0.3 is 0 Å². The van der Waals surface area contributed by atoms with Crippen LogP contribution in [0.5, 0.6) is 0 Å². The first kappa shape index (κ1) is 12.0. The summed E-state index contributed by atoms with van der Waals surface area (Å²) in [5.41, 5.74) is 1.32. The average Bonchev–Trinajstić information content (AvgIpc) is 2.22. The molecule has 0 unspecified atom stereocenters. The molecule has 0 radical (unpaired) electrons. The molecule has 0 aliphatic rings. The van der Waals surface area contributed by atoms with Crippen LogP contribution in [0.4, 0.5) is 10.1 Å². The SMILES string of the molecule is Cc1cc(F)cc(NCC(=O)NCC#N)c1. The first-order valence-corrected chi connectivity index (χ1v) is 4.76. The molecule has 16 heavy (non-hydrogen) atoms. The number of hydrogen-bond donors (Lipinski definition) is 2. The van der Waals surface area contributed by atoms with Gasteiger partial charge in [0.2, 0.25) is 5.91 Å². The third-order valence-electron chi connectivity index (χ3n) is 1.86. The van der Waals surface area contributed by atoms with Crippen molar-refractivity contribution in [3.05, 3.63) is 29.6 Å². The zero-order valence-electron chi connectivity index (χ0n) is 8.88. The van der Waals surface area contributed by atoms with Gasteiger partial charge in [-0.1, -0.05) is 0 Å². The van der Waals surface area contributed by atoms with Crippen LogP contribution in [0, 0.1) is 24.1 Å². The van der Waals surface area contributed by atoms with Crippen LogP contribution in [0.3, 0.4) is 0 Å². The van der Waals surface area contributed by atoms with Gasteiger partial charge in [0.05, 0.1) is 12.6 Å². The minimum Gasteiger partial charge on any atom is -0.376 e. The number of nitrogens with one attached hydrogen (secondary N) is 2. The monoisotopic (exact) mass is 221 g/mol. The zero-order chi connectivity index (χ0) is 12.0. The topological polar surface area (TPSA) is 64.9 Å². The summed E-state index contributed by atoms with van der Waals surface area (Å²) in [7, 11) is 0. The highest BCUT2D eigenvalue weighted by Crippen LogP contribution is 2.12. The third-order valence-corrected chi connectivity index (χ3v) is 1.86. The van der Waals surface area contributed by atoms with Gasteiger partial charge in [0.15, 0.2) is 0 Å². The van der Waals surface area contributed by atoms with E-state index < -0.39 is 0 Å². The van der Waals surface area contributed by atoms with Gasteiger partial charge in [-0.3, -0.25) is 4.79 Å². The lowest BCUT2D eigenvalue weighted by Gasteiger charge is -2.06. The van der Waals surface area contributed by atoms with E-state index >= 15 is 0 Å². The number of benzene rings is 1. The van der Waals surface area contributed by atoms with Crippen molar-refractivity contribution in [2.45, 2.75) is 6.92 Å². The average molecular weight is 221 g/mol. The molecule has 84 valence electrons. The second-order valence-corrected chi connectivity index (χ2v) is 3.31. The maximum absolute atomic E-state index is 13.0. The van der Waals surface area contributed by atoms with Gasteiger partial charge in [0.1, 0.15) is 12.4 Å². The molecule has 2 N–H and O–H groups in total. The Morgan fingerprint density at radius 3 is 2.88 bits per heavy atom. The lowest BCUT2D eigenvalue weighted by atomic mass is 10.2. The molecule has 0 fully saturated rings. The molecule has 0 bridgehead atoms. The van der Waals surface area contributed by atoms with Crippen LogP contribution in [0.2, 0.25) is 0 Å². The minimum atomic E-state index is -0.347. The predicted octanol–water partition coefficient (Wildman–Crippen LogP) is 1.19. The molecule has 0 saturated carbocycles. The molecule has 4 nitrogen and oxygen atoms in total. The van der Waals surface area contributed by atoms with Crippen LogP contribution in [-0.2, 0) is 4.79 Å². The van der Waals surface area contributed by atoms with Gasteiger partial charge in [-0.05, 0) is 30.7 Å². The fraction of sp³-hybridized carbons (Fsp3) is 0.273. The Hall–Kier alpha value is -2.09. The Labute approximate surface area is 93.1 Å². The molecule has 0 aromatic heterocycles. The van der Waals surface area contributed by atoms with Crippen molar-refractivity contribution in [3.8, 4) is 6.07 Å². The Morgan fingerprint density at radius 1 is 1.50 bits per heavy atom. The van der Waals surface area contributed by atoms with Gasteiger partial charge in [0.25, 0.3) is 0 Å². The summed E-state index contributed by atoms with van der Waals surface area (Å²) in [5.74, 6) is -0.650. The van der Waals surface area contributed by atoms with E-state index in [4.69, 9.17) is 5.26 Å². The minimum absolute atomic E-state index is 0.0184. The number of amides is 1. The second-order valence-electron chi connectivity index (χ2n) is 3.31. The van der Waals surface area contributed by atoms with Gasteiger partial charge in [-0.25, -0.2) is 4.39 Å². The van der Waals surface area contributed by atoms with E-state index in [-0.39, 0.29) is 24.8 Å². The molecule has 1 rings (SSSR count). The number of nitrogens with zero attached hydrogens (tertiary/aromatic N) is 1. The number of anilines is 1. The summed E-state index contributed by atoms with van der Waals surface area (Å²) < 4.78 is 13.0. The molecule has 0 aliphatic heterocycles. The van der Waals surface area contributed by atoms with E-state index in [2.05, 4.69) is 10.6 Å². The van der Waals surface area contributed by atoms with Crippen LogP contribution in [0.25, 0.3) is 0 Å². The molecule has 5 heteroatoms. The van der Waals surface area contributed by atoms with E-state index in [1.165, 1.54) is 12.1 Å². The normalized spacial score (nSPS) is 9.31. The Kier molecular flexibility index (Phi) is 4.28. The van der Waals surface area contributed by atoms with Crippen molar-refractivity contribution >= 4 is 11.6 Å². The summed E-state index contributed by atoms with van der Waals surface area (Å²) in [6.45, 7) is 1.76. The number of carbonyl (C=O) groups is 1. The fourth-order valence-electron chi connectivity index (χ4n) is 1.22. The zero-order valence-corrected chi connectivity index (χ0v) is 8.88. The van der Waals surface area contributed by atoms with Crippen LogP contribution in [0.1, 0.15) is 5.56 Å². The summed E-state index contributed by atoms with van der Waals surface area (Å²) in [5, 5.41) is 13.4. The van der Waals surface area contributed by atoms with E-state index in [0.717, 1.165) is 5.56 Å². The molecule has 0 aliphatic carbocycles. The highest BCUT2D eigenvalue weighted by atomic mass is 19.1. The van der Waals surface area contributed by atoms with Crippen molar-refractivity contribution in [2.24, 2.45) is 0 Å². The van der Waals surface area contributed by atoms with E-state index in [1.807, 2.05) is 0 Å². The Morgan fingerprint density at radius 2 is 2.25 bits per heavy atom. The largest absolute Gasteiger partial charge is 0.376 e. The Balaban J connectivity index is 2.48. The standard InChI is InChI=1S/C11H12FN3O/c1-8-4-9(12)6-10(5-8)15-7-11(16)14-3-2-13/h4-6,15H,3,7H2,1H3,(H,14,16). The number of hydrogen-bond acceptors (Lipinski definition) is 3. The summed E-state index contributed by atoms with van der Waals surface area (Å²) in [6, 6.07) is 6.25. The molecule has 0 saturated heterocycles. The highest BCUT2D eigenvalue weighted by Gasteiger charge is 2.01. The molecule has 1 aromatic carbocycles. The second kappa shape index (κ2) is 5.71. The molecule has 1 amide bonds. The number of nitriles is 1. The summed E-state index contributed by atoms with van der Waals surface area (Å²) in [6.07, 6.45) is 0. The first-order valence-electron chi connectivity index (χ1n) is 4.76. The number of aryl methyl sites for hydroxylation is 1. The maximum Gasteiger partial charge on any atom is 0.240 e. The molecule has 1 aromatic rings. The summed E-state index contributed by atoms with van der Waals surface area (Å²) >= 11 is 0. The van der Waals surface area contributed by atoms with Crippen LogP contribution in [-0.4, -0.2) is 19.0 Å². The van der Waals surface area contributed by atoms with E-state index in [1.54, 1.807) is 19.1 Å². The predicted molar refractivity (Wildman–Crippen MR) is 58.2 cm³/mol. The fourth-order valence-corrected chi connectivity index (χ4v) is 1.22. The van der Waals surface area contributed by atoms with Crippen molar-refractivity contribution < 1.29 is 9.18 Å². The van der Waals surface area contributed by atoms with Crippen LogP contribution < -0.4 is 10.6 Å². The maximum atomic E-state index is 13.0. The van der Waals surface area contributed by atoms with Crippen LogP contribution >= 0.6 is 0 Å². The molecular formula is C11H12FN3O. The molecule has 0 spiro atoms. The van der Waals surface area contributed by atoms with Gasteiger partial charge in [-0.15, -0.1) is 0 Å². The third kappa shape index (κ3) is 3.96. The molecular weight excluding hydrogens is 209 g/mol. The molecule has 0 heterocycles. The summed E-state index contributed by atoms with van der Waals surface area (Å²) in [4.78, 5) is 11.1. The van der Waals surface area contributed by atoms with Crippen molar-refractivity contribution in [1.29, 1.82) is 5.26 Å². The van der Waals surface area contributed by atoms with Crippen LogP contribution in [0.15, 0.2) is 18.2 Å². The van der Waals surface area contributed by atoms with E-state index in [0.29, 0.717) is 5.69 Å². The Bertz CT molecular complexity index is 405. The molecule has 0 atom stereocenters. The number of rotatable bonds is 4. The number of halogens is 1. The van der Waals surface area contributed by atoms with Crippen molar-refractivity contribution in [2.75, 3.05) is 18.4 Å². The lowest BCUT2D eigenvalue weighted by molar-refractivity contribution is -0.119. The van der Waals surface area contributed by atoms with Crippen molar-refractivity contribution in [1.82, 2.24) is 5.32 Å². The van der Waals surface area contributed by atoms with Gasteiger partial charge < -0.3 is 10.6 Å². The van der Waals surface area contributed by atoms with Gasteiger partial charge in [0, 0.05) is 5.69 Å². The smallest absolute Gasteiger partial charge is 0.240 e. The lowest BCUT2D eigenvalue weighted by Crippen LogP contribution is -2.30. The number of carbonyl (C=O) groups excluding carboxylic acids is 1. The quantitative estimate of drug-likeness (QED) is 0.750. The highest BCUT2D eigenvalue weighted by molar-refractivity contribution is 5.80. The van der Waals surface area contributed by atoms with Gasteiger partial charge in [-0.2, -0.15) is 5.26 Å².